The Morgan fingerprint density at radius 2 is 2.33 bits per heavy atom. The molecule has 0 unspecified atom stereocenters. The average Bonchev–Trinajstić information content (AvgIpc) is 2.71. The summed E-state index contributed by atoms with van der Waals surface area (Å²) in [4.78, 5) is 15.3. The Morgan fingerprint density at radius 1 is 1.62 bits per heavy atom. The highest BCUT2D eigenvalue weighted by atomic mass is 19.1. The minimum Gasteiger partial charge on any atom is -0.393 e. The van der Waals surface area contributed by atoms with Crippen molar-refractivity contribution in [2.45, 2.75) is 50.3 Å². The van der Waals surface area contributed by atoms with E-state index in [2.05, 4.69) is 4.98 Å². The van der Waals surface area contributed by atoms with E-state index in [1.54, 1.807) is 0 Å². The van der Waals surface area contributed by atoms with Gasteiger partial charge in [0.15, 0.2) is 12.4 Å². The Hall–Kier alpha value is -1.51. The van der Waals surface area contributed by atoms with Crippen LogP contribution in [0.1, 0.15) is 32.4 Å². The van der Waals surface area contributed by atoms with Gasteiger partial charge in [-0.15, -0.1) is 0 Å². The van der Waals surface area contributed by atoms with Crippen LogP contribution in [0.25, 0.3) is 0 Å². The number of rotatable bonds is 5. The van der Waals surface area contributed by atoms with E-state index in [1.165, 1.54) is 12.3 Å². The van der Waals surface area contributed by atoms with E-state index < -0.39 is 36.4 Å². The average molecular weight is 301 g/mol. The SMILES string of the molecule is CCCC[C@]1(CO)O[C@@H](n2ccc(N)nc2=O)[C@H](F)[C@@H]1O. The van der Waals surface area contributed by atoms with Gasteiger partial charge in [0.05, 0.1) is 6.61 Å². The standard InChI is InChI=1S/C13H20FN3O4/c1-2-3-5-13(7-18)10(19)9(14)11(21-13)17-6-4-8(15)16-12(17)20/h4,6,9-11,18-19H,2-3,5,7H2,1H3,(H2,15,16,20)/t9-,10+,11-,13-/m1/s1. The summed E-state index contributed by atoms with van der Waals surface area (Å²) in [7, 11) is 0. The van der Waals surface area contributed by atoms with Crippen LogP contribution in [0.15, 0.2) is 17.1 Å². The van der Waals surface area contributed by atoms with Crippen LogP contribution in [0.4, 0.5) is 10.2 Å². The van der Waals surface area contributed by atoms with Crippen molar-refractivity contribution < 1.29 is 19.3 Å². The normalized spacial score (nSPS) is 32.5. The maximum absolute atomic E-state index is 14.4. The molecule has 0 radical (unpaired) electrons. The third kappa shape index (κ3) is 2.78. The summed E-state index contributed by atoms with van der Waals surface area (Å²) in [6, 6.07) is 1.34. The lowest BCUT2D eigenvalue weighted by atomic mass is 9.91. The number of anilines is 1. The third-order valence-electron chi connectivity index (χ3n) is 3.82. The van der Waals surface area contributed by atoms with Crippen molar-refractivity contribution in [3.8, 4) is 0 Å². The van der Waals surface area contributed by atoms with Gasteiger partial charge in [0, 0.05) is 6.20 Å². The van der Waals surface area contributed by atoms with E-state index in [-0.39, 0.29) is 5.82 Å². The topological polar surface area (TPSA) is 111 Å². The quantitative estimate of drug-likeness (QED) is 0.704. The number of hydrogen-bond acceptors (Lipinski definition) is 6. The van der Waals surface area contributed by atoms with E-state index in [4.69, 9.17) is 10.5 Å². The molecule has 21 heavy (non-hydrogen) atoms. The summed E-state index contributed by atoms with van der Waals surface area (Å²) in [5.74, 6) is 0.0182. The van der Waals surface area contributed by atoms with E-state index in [0.29, 0.717) is 12.8 Å². The summed E-state index contributed by atoms with van der Waals surface area (Å²) in [5.41, 5.74) is 3.22. The second-order valence-electron chi connectivity index (χ2n) is 5.27. The van der Waals surface area contributed by atoms with Gasteiger partial charge < -0.3 is 20.7 Å². The monoisotopic (exact) mass is 301 g/mol. The van der Waals surface area contributed by atoms with Gasteiger partial charge in [0.2, 0.25) is 0 Å². The number of aliphatic hydroxyl groups excluding tert-OH is 2. The molecule has 0 aromatic carbocycles. The minimum atomic E-state index is -1.84. The number of aromatic nitrogens is 2. The zero-order valence-electron chi connectivity index (χ0n) is 11.8. The van der Waals surface area contributed by atoms with Gasteiger partial charge >= 0.3 is 5.69 Å². The molecule has 7 nitrogen and oxygen atoms in total. The molecule has 0 aliphatic carbocycles. The molecule has 2 rings (SSSR count). The molecule has 0 amide bonds. The van der Waals surface area contributed by atoms with Crippen LogP contribution in [0, 0.1) is 0 Å². The zero-order chi connectivity index (χ0) is 15.6. The number of nitrogens with zero attached hydrogens (tertiary/aromatic N) is 2. The van der Waals surface area contributed by atoms with Gasteiger partial charge in [-0.2, -0.15) is 4.98 Å². The summed E-state index contributed by atoms with van der Waals surface area (Å²) in [5, 5.41) is 19.6. The lowest BCUT2D eigenvalue weighted by Gasteiger charge is -2.29. The first kappa shape index (κ1) is 15.9. The molecule has 1 aliphatic heterocycles. The number of halogens is 1. The molecule has 1 fully saturated rings. The summed E-state index contributed by atoms with van der Waals surface area (Å²) < 4.78 is 20.8. The number of unbranched alkanes of at least 4 members (excludes halogenated alkanes) is 1. The highest BCUT2D eigenvalue weighted by Crippen LogP contribution is 2.41. The summed E-state index contributed by atoms with van der Waals surface area (Å²) in [6.45, 7) is 1.41. The number of aliphatic hydroxyl groups is 2. The maximum Gasteiger partial charge on any atom is 0.351 e. The van der Waals surface area contributed by atoms with Crippen molar-refractivity contribution in [1.29, 1.82) is 0 Å². The van der Waals surface area contributed by atoms with E-state index >= 15 is 0 Å². The van der Waals surface area contributed by atoms with E-state index in [1.807, 2.05) is 6.92 Å². The van der Waals surface area contributed by atoms with Crippen LogP contribution in [-0.2, 0) is 4.74 Å². The van der Waals surface area contributed by atoms with Crippen LogP contribution in [-0.4, -0.2) is 44.2 Å². The molecular formula is C13H20FN3O4. The number of nitrogen functional groups attached to an aromatic ring is 1. The van der Waals surface area contributed by atoms with Gasteiger partial charge in [-0.25, -0.2) is 9.18 Å². The molecule has 118 valence electrons. The van der Waals surface area contributed by atoms with Gasteiger partial charge in [0.25, 0.3) is 0 Å². The molecular weight excluding hydrogens is 281 g/mol. The largest absolute Gasteiger partial charge is 0.393 e. The van der Waals surface area contributed by atoms with Crippen molar-refractivity contribution in [2.75, 3.05) is 12.3 Å². The molecule has 1 aromatic rings. The summed E-state index contributed by atoms with van der Waals surface area (Å²) in [6.07, 6.45) is -1.64. The van der Waals surface area contributed by atoms with Gasteiger partial charge in [-0.1, -0.05) is 19.8 Å². The Balaban J connectivity index is 2.32. The van der Waals surface area contributed by atoms with Gasteiger partial charge in [0.1, 0.15) is 17.5 Å². The highest BCUT2D eigenvalue weighted by molar-refractivity contribution is 5.23. The lowest BCUT2D eigenvalue weighted by Crippen LogP contribution is -2.45. The summed E-state index contributed by atoms with van der Waals surface area (Å²) >= 11 is 0. The van der Waals surface area contributed by atoms with Crippen LogP contribution in [0.5, 0.6) is 0 Å². The van der Waals surface area contributed by atoms with Crippen LogP contribution in [0.2, 0.25) is 0 Å². The second kappa shape index (κ2) is 6.08. The van der Waals surface area contributed by atoms with Crippen molar-refractivity contribution in [3.63, 3.8) is 0 Å². The van der Waals surface area contributed by atoms with E-state index in [0.717, 1.165) is 11.0 Å². The first-order chi connectivity index (χ1) is 9.95. The van der Waals surface area contributed by atoms with E-state index in [9.17, 15) is 19.4 Å². The number of ether oxygens (including phenoxy) is 1. The van der Waals surface area contributed by atoms with Gasteiger partial charge in [-0.05, 0) is 12.5 Å². The molecule has 0 bridgehead atoms. The predicted molar refractivity (Wildman–Crippen MR) is 73.3 cm³/mol. The molecule has 4 N–H and O–H groups in total. The van der Waals surface area contributed by atoms with Crippen molar-refractivity contribution in [2.24, 2.45) is 0 Å². The van der Waals surface area contributed by atoms with Crippen molar-refractivity contribution >= 4 is 5.82 Å². The number of hydrogen-bond donors (Lipinski definition) is 3. The van der Waals surface area contributed by atoms with Gasteiger partial charge in [-0.3, -0.25) is 4.57 Å². The lowest BCUT2D eigenvalue weighted by molar-refractivity contribution is -0.133. The minimum absolute atomic E-state index is 0.0182. The molecule has 1 saturated heterocycles. The Labute approximate surface area is 121 Å². The maximum atomic E-state index is 14.4. The molecule has 1 aromatic heterocycles. The Bertz CT molecular complexity index is 552. The molecule has 4 atom stereocenters. The second-order valence-corrected chi connectivity index (χ2v) is 5.27. The van der Waals surface area contributed by atoms with Crippen molar-refractivity contribution in [1.82, 2.24) is 9.55 Å². The fraction of sp³-hybridized carbons (Fsp3) is 0.692. The first-order valence-electron chi connectivity index (χ1n) is 6.90. The predicted octanol–water partition coefficient (Wildman–Crippen LogP) is -0.0254. The molecule has 0 spiro atoms. The smallest absolute Gasteiger partial charge is 0.351 e. The first-order valence-corrected chi connectivity index (χ1v) is 6.90. The Kier molecular flexibility index (Phi) is 4.60. The zero-order valence-corrected chi connectivity index (χ0v) is 11.8. The van der Waals surface area contributed by atoms with Crippen LogP contribution >= 0.6 is 0 Å². The number of nitrogens with two attached hydrogens (primary N) is 1. The third-order valence-corrected chi connectivity index (χ3v) is 3.82. The fourth-order valence-electron chi connectivity index (χ4n) is 2.54. The Morgan fingerprint density at radius 3 is 2.90 bits per heavy atom. The molecule has 2 heterocycles. The molecule has 1 aliphatic rings. The fourth-order valence-corrected chi connectivity index (χ4v) is 2.54. The van der Waals surface area contributed by atoms with Crippen molar-refractivity contribution in [3.05, 3.63) is 22.7 Å². The highest BCUT2D eigenvalue weighted by Gasteiger charge is 2.55. The van der Waals surface area contributed by atoms with Crippen LogP contribution < -0.4 is 11.4 Å². The number of alkyl halides is 1. The molecule has 0 saturated carbocycles. The van der Waals surface area contributed by atoms with Crippen LogP contribution in [0.3, 0.4) is 0 Å². The molecule has 8 heteroatoms.